The molecule has 0 aliphatic carbocycles. The van der Waals surface area contributed by atoms with Crippen molar-refractivity contribution in [3.8, 4) is 12.1 Å². The summed E-state index contributed by atoms with van der Waals surface area (Å²) in [4.78, 5) is 0. The van der Waals surface area contributed by atoms with Gasteiger partial charge in [0, 0.05) is 11.3 Å². The van der Waals surface area contributed by atoms with Gasteiger partial charge in [-0.15, -0.1) is 12.1 Å². The van der Waals surface area contributed by atoms with Gasteiger partial charge in [0.05, 0.1) is 32.5 Å². The third-order valence-corrected chi connectivity index (χ3v) is 7.84. The largest absolute Gasteiger partial charge is 0.398 e. The molecule has 0 aliphatic rings. The molecule has 0 heterocycles. The molecule has 6 nitrogen and oxygen atoms in total. The van der Waals surface area contributed by atoms with E-state index in [9.17, 15) is 8.78 Å². The van der Waals surface area contributed by atoms with Crippen LogP contribution in [-0.4, -0.2) is 29.3 Å². The molecule has 0 saturated heterocycles. The van der Waals surface area contributed by atoms with Crippen molar-refractivity contribution in [2.45, 2.75) is 105 Å². The second-order valence-corrected chi connectivity index (χ2v) is 12.6. The number of halogens is 3. The van der Waals surface area contributed by atoms with E-state index in [1.54, 1.807) is 47.6 Å². The first-order valence-electron chi connectivity index (χ1n) is 14.2. The highest BCUT2D eigenvalue weighted by molar-refractivity contribution is 9.10. The number of hydrogen-bond acceptors (Lipinski definition) is 6. The van der Waals surface area contributed by atoms with Crippen molar-refractivity contribution in [1.82, 2.24) is 0 Å². The monoisotopic (exact) mass is 672 g/mol. The SMILES string of the molecule is C=C(C)c1c(N)c(C(C)CC)cc(C#N)c1F.CC(C)(O)C(C)(C)O.CCC(C)c1cc(C#N)c(F)c(Br)c1N.[B]C(=C)C. The van der Waals surface area contributed by atoms with E-state index in [0.717, 1.165) is 24.0 Å². The molecule has 0 fully saturated rings. The van der Waals surface area contributed by atoms with Crippen molar-refractivity contribution < 1.29 is 19.0 Å². The molecule has 2 radical (unpaired) electrons. The van der Waals surface area contributed by atoms with E-state index in [1.165, 1.54) is 6.07 Å². The van der Waals surface area contributed by atoms with Crippen LogP contribution in [0.2, 0.25) is 0 Å². The Balaban J connectivity index is 0. The maximum atomic E-state index is 14.0. The molecule has 0 bridgehead atoms. The Bertz CT molecular complexity index is 1370. The number of benzene rings is 2. The highest BCUT2D eigenvalue weighted by atomic mass is 79.9. The molecule has 2 aromatic carbocycles. The second kappa shape index (κ2) is 18.6. The summed E-state index contributed by atoms with van der Waals surface area (Å²) >= 11 is 3.07. The van der Waals surface area contributed by atoms with Gasteiger partial charge in [-0.2, -0.15) is 10.5 Å². The Kier molecular flexibility index (Phi) is 18.1. The Morgan fingerprint density at radius 1 is 0.886 bits per heavy atom. The van der Waals surface area contributed by atoms with Gasteiger partial charge in [-0.3, -0.25) is 0 Å². The van der Waals surface area contributed by atoms with Crippen molar-refractivity contribution in [2.24, 2.45) is 0 Å². The fourth-order valence-corrected chi connectivity index (χ4v) is 3.63. The van der Waals surface area contributed by atoms with Crippen molar-refractivity contribution >= 4 is 40.7 Å². The van der Waals surface area contributed by atoms with Crippen LogP contribution in [0.3, 0.4) is 0 Å². The van der Waals surface area contributed by atoms with Crippen LogP contribution in [0.4, 0.5) is 20.2 Å². The van der Waals surface area contributed by atoms with Gasteiger partial charge >= 0.3 is 0 Å². The molecule has 0 saturated carbocycles. The summed E-state index contributed by atoms with van der Waals surface area (Å²) in [7, 11) is 4.92. The first-order valence-corrected chi connectivity index (χ1v) is 14.9. The van der Waals surface area contributed by atoms with Gasteiger partial charge in [-0.25, -0.2) is 8.78 Å². The Labute approximate surface area is 273 Å². The Hall–Kier alpha value is -3.18. The molecule has 2 rings (SSSR count). The minimum Gasteiger partial charge on any atom is -0.398 e. The Morgan fingerprint density at radius 3 is 1.48 bits per heavy atom. The fraction of sp³-hybridized carbons (Fsp3) is 0.471. The van der Waals surface area contributed by atoms with Crippen LogP contribution in [0, 0.1) is 34.3 Å². The second-order valence-electron chi connectivity index (χ2n) is 11.8. The van der Waals surface area contributed by atoms with Crippen molar-refractivity contribution in [1.29, 1.82) is 10.5 Å². The number of hydrogen-bond donors (Lipinski definition) is 4. The van der Waals surface area contributed by atoms with Crippen LogP contribution in [0.25, 0.3) is 5.57 Å². The zero-order valence-electron chi connectivity index (χ0n) is 27.8. The van der Waals surface area contributed by atoms with Crippen LogP contribution < -0.4 is 11.5 Å². The predicted molar refractivity (Wildman–Crippen MR) is 184 cm³/mol. The number of aliphatic hydroxyl groups is 2. The summed E-state index contributed by atoms with van der Waals surface area (Å²) in [6.07, 6.45) is 1.78. The fourth-order valence-electron chi connectivity index (χ4n) is 3.19. The molecular weight excluding hydrogens is 625 g/mol. The maximum Gasteiger partial charge on any atom is 0.157 e. The maximum absolute atomic E-state index is 14.0. The van der Waals surface area contributed by atoms with Crippen LogP contribution in [-0.2, 0) is 0 Å². The minimum atomic E-state index is -1.01. The molecule has 44 heavy (non-hydrogen) atoms. The van der Waals surface area contributed by atoms with E-state index >= 15 is 0 Å². The molecule has 2 atom stereocenters. The number of nitrogens with zero attached hydrogens (tertiary/aromatic N) is 2. The third kappa shape index (κ3) is 12.8. The molecule has 240 valence electrons. The molecule has 0 aromatic heterocycles. The standard InChI is InChI=1S/C14H17FN2.C11H12BrFN2.C6H14O2.C3H5B/c1-5-9(4)11-6-10(7-16)13(15)12(8(2)3)14(11)17;1-3-6(2)8-4-7(5-14)10(13)9(12)11(8)15;1-5(2,7)6(3,4)8;1-3(2)4/h6,9H,2,5,17H2,1,3-4H3;4,6H,3,15H2,1-2H3;7-8H,1-4H3;1H2,2H3. The number of rotatable bonds is 6. The number of nitriles is 2. The molecule has 6 N–H and O–H groups in total. The summed E-state index contributed by atoms with van der Waals surface area (Å²) < 4.78 is 27.6. The van der Waals surface area contributed by atoms with Crippen LogP contribution in [0.1, 0.15) is 122 Å². The summed E-state index contributed by atoms with van der Waals surface area (Å²) in [5.41, 5.74) is 13.7. The lowest BCUT2D eigenvalue weighted by atomic mass is 9.90. The van der Waals surface area contributed by atoms with E-state index in [1.807, 2.05) is 39.8 Å². The van der Waals surface area contributed by atoms with E-state index in [4.69, 9.17) is 40.1 Å². The number of allylic oxidation sites excluding steroid dienone is 2. The highest BCUT2D eigenvalue weighted by Gasteiger charge is 2.32. The molecule has 0 amide bonds. The average molecular weight is 673 g/mol. The summed E-state index contributed by atoms with van der Waals surface area (Å²) in [5.74, 6) is -0.735. The van der Waals surface area contributed by atoms with Crippen molar-refractivity contribution in [3.05, 3.63) is 74.7 Å². The van der Waals surface area contributed by atoms with Gasteiger partial charge in [-0.1, -0.05) is 41.2 Å². The van der Waals surface area contributed by atoms with Gasteiger partial charge < -0.3 is 21.7 Å². The van der Waals surface area contributed by atoms with Crippen molar-refractivity contribution in [2.75, 3.05) is 11.5 Å². The summed E-state index contributed by atoms with van der Waals surface area (Å²) in [6, 6.07) is 6.77. The number of nitrogens with two attached hydrogens (primary N) is 2. The minimum absolute atomic E-state index is 0.0337. The van der Waals surface area contributed by atoms with E-state index in [-0.39, 0.29) is 33.0 Å². The lowest BCUT2D eigenvalue weighted by molar-refractivity contribution is -0.107. The first kappa shape index (κ1) is 43.0. The first-order chi connectivity index (χ1) is 19.9. The summed E-state index contributed by atoms with van der Waals surface area (Å²) in [6.45, 7) is 24.9. The lowest BCUT2D eigenvalue weighted by Gasteiger charge is -2.31. The normalized spacial score (nSPS) is 11.9. The summed E-state index contributed by atoms with van der Waals surface area (Å²) in [5, 5.41) is 35.9. The highest BCUT2D eigenvalue weighted by Crippen LogP contribution is 2.35. The molecule has 0 aliphatic heterocycles. The van der Waals surface area contributed by atoms with Gasteiger partial charge in [0.25, 0.3) is 0 Å². The van der Waals surface area contributed by atoms with E-state index < -0.39 is 22.8 Å². The quantitative estimate of drug-likeness (QED) is 0.179. The Morgan fingerprint density at radius 2 is 1.20 bits per heavy atom. The zero-order chi connectivity index (χ0) is 35.3. The smallest absolute Gasteiger partial charge is 0.157 e. The van der Waals surface area contributed by atoms with E-state index in [2.05, 4.69) is 29.1 Å². The third-order valence-electron chi connectivity index (χ3n) is 7.06. The molecule has 2 aromatic rings. The van der Waals surface area contributed by atoms with Crippen LogP contribution in [0.15, 0.2) is 35.2 Å². The van der Waals surface area contributed by atoms with Gasteiger partial charge in [0.15, 0.2) is 5.82 Å². The predicted octanol–water partition coefficient (Wildman–Crippen LogP) is 8.60. The number of anilines is 2. The van der Waals surface area contributed by atoms with Gasteiger partial charge in [0.1, 0.15) is 25.8 Å². The molecule has 2 unspecified atom stereocenters. The van der Waals surface area contributed by atoms with Crippen molar-refractivity contribution in [3.63, 3.8) is 0 Å². The van der Waals surface area contributed by atoms with E-state index in [0.29, 0.717) is 22.4 Å². The van der Waals surface area contributed by atoms with Gasteiger partial charge in [-0.05, 0) is 104 Å². The lowest BCUT2D eigenvalue weighted by Crippen LogP contribution is -2.44. The van der Waals surface area contributed by atoms with Crippen LogP contribution >= 0.6 is 15.9 Å². The molecule has 10 heteroatoms. The van der Waals surface area contributed by atoms with Crippen LogP contribution in [0.5, 0.6) is 0 Å². The molecule has 0 spiro atoms. The van der Waals surface area contributed by atoms with Gasteiger partial charge in [0.2, 0.25) is 0 Å². The number of nitrogen functional groups attached to an aromatic ring is 2. The molecular formula is C34H48BBrF2N4O2. The zero-order valence-corrected chi connectivity index (χ0v) is 29.4. The topological polar surface area (TPSA) is 140 Å². The average Bonchev–Trinajstić information content (AvgIpc) is 2.90.